The smallest absolute Gasteiger partial charge is 0.211 e. The molecule has 0 saturated heterocycles. The summed E-state index contributed by atoms with van der Waals surface area (Å²) in [6, 6.07) is 27.2. The largest absolute Gasteiger partial charge is 0.343 e. The Bertz CT molecular complexity index is 1420. The van der Waals surface area contributed by atoms with Gasteiger partial charge in [0.25, 0.3) is 0 Å². The van der Waals surface area contributed by atoms with Gasteiger partial charge in [-0.2, -0.15) is 5.10 Å². The van der Waals surface area contributed by atoms with E-state index in [1.165, 1.54) is 26.7 Å². The third kappa shape index (κ3) is 3.00. The summed E-state index contributed by atoms with van der Waals surface area (Å²) in [4.78, 5) is 0.879. The number of fused-ring (bicyclic) bond motifs is 2. The van der Waals surface area contributed by atoms with E-state index in [0.29, 0.717) is 0 Å². The Kier molecular flexibility index (Phi) is 4.37. The van der Waals surface area contributed by atoms with Crippen molar-refractivity contribution in [2.45, 2.75) is 0 Å². The van der Waals surface area contributed by atoms with Crippen LogP contribution in [-0.4, -0.2) is 15.3 Å². The molecule has 2 aromatic heterocycles. The first-order valence-electron chi connectivity index (χ1n) is 9.48. The van der Waals surface area contributed by atoms with Gasteiger partial charge in [-0.1, -0.05) is 72.0 Å². The Morgan fingerprint density at radius 2 is 1.45 bits per heavy atom. The first kappa shape index (κ1) is 17.6. The highest BCUT2D eigenvalue weighted by atomic mass is 32.1. The van der Waals surface area contributed by atoms with Crippen LogP contribution in [0.1, 0.15) is 5.56 Å². The minimum Gasteiger partial charge on any atom is -0.343 e. The summed E-state index contributed by atoms with van der Waals surface area (Å²) in [5.41, 5.74) is 5.75. The van der Waals surface area contributed by atoms with Crippen LogP contribution in [0.2, 0.25) is 0 Å². The third-order valence-electron chi connectivity index (χ3n) is 5.24. The van der Waals surface area contributed by atoms with E-state index >= 15 is 0 Å². The van der Waals surface area contributed by atoms with Crippen molar-refractivity contribution in [1.29, 1.82) is 0 Å². The number of hydrogen-bond donors (Lipinski definition) is 0. The summed E-state index contributed by atoms with van der Waals surface area (Å²) < 4.78 is 5.52. The molecule has 0 amide bonds. The van der Waals surface area contributed by atoms with Gasteiger partial charge in [-0.15, -0.1) is 5.10 Å². The Morgan fingerprint density at radius 3 is 2.24 bits per heavy atom. The summed E-state index contributed by atoms with van der Waals surface area (Å²) in [6.45, 7) is 0. The number of thiazole rings is 1. The van der Waals surface area contributed by atoms with Crippen LogP contribution >= 0.6 is 11.3 Å². The second-order valence-corrected chi connectivity index (χ2v) is 7.97. The number of aromatic nitrogens is 2. The lowest BCUT2D eigenvalue weighted by Crippen LogP contribution is -2.08. The lowest BCUT2D eigenvalue weighted by molar-refractivity contribution is 0.889. The minimum absolute atomic E-state index is 0.879. The van der Waals surface area contributed by atoms with Crippen molar-refractivity contribution < 1.29 is 0 Å². The molecule has 0 bridgehead atoms. The molecule has 2 heterocycles. The van der Waals surface area contributed by atoms with Crippen molar-refractivity contribution in [1.82, 2.24) is 9.13 Å². The number of hydrogen-bond acceptors (Lipinski definition) is 3. The molecule has 3 aromatic carbocycles. The summed E-state index contributed by atoms with van der Waals surface area (Å²) in [6.07, 6.45) is 1.88. The van der Waals surface area contributed by atoms with Crippen molar-refractivity contribution in [2.75, 3.05) is 0 Å². The molecular weight excluding hydrogens is 376 g/mol. The maximum atomic E-state index is 4.53. The van der Waals surface area contributed by atoms with Crippen molar-refractivity contribution in [3.63, 3.8) is 0 Å². The highest BCUT2D eigenvalue weighted by Crippen LogP contribution is 2.31. The Balaban J connectivity index is 1.68. The molecule has 142 valence electrons. The Morgan fingerprint density at radius 1 is 0.759 bits per heavy atom. The van der Waals surface area contributed by atoms with E-state index in [2.05, 4.69) is 87.0 Å². The molecule has 0 aliphatic carbocycles. The molecule has 29 heavy (non-hydrogen) atoms. The maximum absolute atomic E-state index is 4.53. The second kappa shape index (κ2) is 7.18. The molecular formula is C24H20N4S. The fourth-order valence-corrected chi connectivity index (χ4v) is 4.79. The topological polar surface area (TPSA) is 34.6 Å². The minimum atomic E-state index is 0.879. The monoisotopic (exact) mass is 396 g/mol. The first-order chi connectivity index (χ1) is 14.2. The van der Waals surface area contributed by atoms with E-state index in [1.807, 2.05) is 31.5 Å². The van der Waals surface area contributed by atoms with Gasteiger partial charge in [0.1, 0.15) is 0 Å². The number of rotatable bonds is 3. The molecule has 5 aromatic rings. The zero-order valence-electron chi connectivity index (χ0n) is 16.3. The van der Waals surface area contributed by atoms with Gasteiger partial charge in [0.2, 0.25) is 4.80 Å². The van der Waals surface area contributed by atoms with Crippen molar-refractivity contribution in [3.8, 4) is 11.3 Å². The first-order valence-corrected chi connectivity index (χ1v) is 10.3. The van der Waals surface area contributed by atoms with Crippen LogP contribution < -0.4 is 4.80 Å². The molecule has 0 radical (unpaired) electrons. The quantitative estimate of drug-likeness (QED) is 0.292. The lowest BCUT2D eigenvalue weighted by atomic mass is 10.1. The molecule has 0 unspecified atom stereocenters. The number of aryl methyl sites for hydroxylation is 2. The Hall–Kier alpha value is -3.44. The number of nitrogens with zero attached hydrogens (tertiary/aromatic N) is 4. The predicted octanol–water partition coefficient (Wildman–Crippen LogP) is 5.33. The van der Waals surface area contributed by atoms with Gasteiger partial charge in [0.15, 0.2) is 0 Å². The highest BCUT2D eigenvalue weighted by Gasteiger charge is 2.14. The number of para-hydroxylation sites is 2. The van der Waals surface area contributed by atoms with E-state index in [-0.39, 0.29) is 0 Å². The van der Waals surface area contributed by atoms with E-state index in [4.69, 9.17) is 0 Å². The molecule has 0 fully saturated rings. The van der Waals surface area contributed by atoms with Crippen molar-refractivity contribution in [3.05, 3.63) is 89.2 Å². The molecule has 0 N–H and O–H groups in total. The van der Waals surface area contributed by atoms with E-state index in [0.717, 1.165) is 16.1 Å². The zero-order valence-corrected chi connectivity index (χ0v) is 17.1. The van der Waals surface area contributed by atoms with Gasteiger partial charge in [0.05, 0.1) is 22.1 Å². The Labute approximate surface area is 172 Å². The SMILES string of the molecule is Cn1c(-c2ccccc2)c(/C=N\N=c2/sc3ccccc3n2C)c2ccccc21. The zero-order chi connectivity index (χ0) is 19.8. The van der Waals surface area contributed by atoms with Gasteiger partial charge in [0, 0.05) is 30.6 Å². The summed E-state index contributed by atoms with van der Waals surface area (Å²) in [5, 5.41) is 10.2. The van der Waals surface area contributed by atoms with Gasteiger partial charge in [-0.05, 0) is 23.8 Å². The van der Waals surface area contributed by atoms with Crippen LogP contribution in [0.15, 0.2) is 89.1 Å². The molecule has 5 heteroatoms. The maximum Gasteiger partial charge on any atom is 0.211 e. The summed E-state index contributed by atoms with van der Waals surface area (Å²) in [7, 11) is 4.13. The fourth-order valence-electron chi connectivity index (χ4n) is 3.81. The highest BCUT2D eigenvalue weighted by molar-refractivity contribution is 7.16. The molecule has 4 nitrogen and oxygen atoms in total. The predicted molar refractivity (Wildman–Crippen MR) is 122 cm³/mol. The molecule has 0 saturated carbocycles. The van der Waals surface area contributed by atoms with Crippen LogP contribution in [0.4, 0.5) is 0 Å². The molecule has 5 rings (SSSR count). The molecule has 0 aliphatic heterocycles. The fraction of sp³-hybridized carbons (Fsp3) is 0.0833. The second-order valence-electron chi connectivity index (χ2n) is 6.96. The van der Waals surface area contributed by atoms with Crippen LogP contribution in [0.3, 0.4) is 0 Å². The van der Waals surface area contributed by atoms with Gasteiger partial charge in [-0.25, -0.2) is 0 Å². The van der Waals surface area contributed by atoms with E-state index in [9.17, 15) is 0 Å². The van der Waals surface area contributed by atoms with Gasteiger partial charge in [-0.3, -0.25) is 0 Å². The number of benzene rings is 3. The molecule has 0 spiro atoms. The van der Waals surface area contributed by atoms with Crippen LogP contribution in [0.25, 0.3) is 32.4 Å². The third-order valence-corrected chi connectivity index (χ3v) is 6.34. The van der Waals surface area contributed by atoms with Crippen molar-refractivity contribution >= 4 is 38.7 Å². The normalized spacial score (nSPS) is 12.6. The lowest BCUT2D eigenvalue weighted by Gasteiger charge is -2.05. The van der Waals surface area contributed by atoms with Crippen LogP contribution in [0.5, 0.6) is 0 Å². The van der Waals surface area contributed by atoms with E-state index in [1.54, 1.807) is 11.3 Å². The van der Waals surface area contributed by atoms with Crippen LogP contribution in [-0.2, 0) is 14.1 Å². The average molecular weight is 397 g/mol. The van der Waals surface area contributed by atoms with Gasteiger partial charge < -0.3 is 9.13 Å². The van der Waals surface area contributed by atoms with Crippen LogP contribution in [0, 0.1) is 0 Å². The summed E-state index contributed by atoms with van der Waals surface area (Å²) >= 11 is 1.65. The molecule has 0 atom stereocenters. The summed E-state index contributed by atoms with van der Waals surface area (Å²) in [5.74, 6) is 0. The standard InChI is InChI=1S/C24H20N4S/c1-27-20-13-7-6-12-18(20)19(23(27)17-10-4-3-5-11-17)16-25-26-24-28(2)21-14-8-9-15-22(21)29-24/h3-16H,1-2H3/b25-16-,26-24-. The molecule has 0 aliphatic rings. The van der Waals surface area contributed by atoms with E-state index < -0.39 is 0 Å². The van der Waals surface area contributed by atoms with Gasteiger partial charge >= 0.3 is 0 Å². The average Bonchev–Trinajstić information content (AvgIpc) is 3.24. The van der Waals surface area contributed by atoms with Crippen molar-refractivity contribution in [2.24, 2.45) is 24.3 Å².